The molecule has 4 heteroatoms. The van der Waals surface area contributed by atoms with Crippen LogP contribution in [-0.2, 0) is 6.54 Å². The molecule has 1 aromatic rings. The van der Waals surface area contributed by atoms with E-state index in [1.807, 2.05) is 12.1 Å². The lowest BCUT2D eigenvalue weighted by Gasteiger charge is -2.19. The van der Waals surface area contributed by atoms with Crippen molar-refractivity contribution in [1.82, 2.24) is 0 Å². The molecule has 1 aliphatic heterocycles. The van der Waals surface area contributed by atoms with E-state index in [2.05, 4.69) is 11.0 Å². The summed E-state index contributed by atoms with van der Waals surface area (Å²) in [5.74, 6) is 0.402. The average Bonchev–Trinajstić information content (AvgIpc) is 2.78. The summed E-state index contributed by atoms with van der Waals surface area (Å²) in [4.78, 5) is 2.28. The molecule has 0 bridgehead atoms. The summed E-state index contributed by atoms with van der Waals surface area (Å²) in [5.41, 5.74) is 14.3. The Kier molecular flexibility index (Phi) is 3.31. The molecule has 1 atom stereocenters. The van der Waals surface area contributed by atoms with Gasteiger partial charge in [0.25, 0.3) is 0 Å². The zero-order chi connectivity index (χ0) is 11.5. The predicted molar refractivity (Wildman–Crippen MR) is 66.2 cm³/mol. The first-order valence-corrected chi connectivity index (χ1v) is 5.69. The minimum Gasteiger partial charge on any atom is -0.398 e. The second-order valence-corrected chi connectivity index (χ2v) is 4.37. The number of aliphatic hydroxyl groups excluding tert-OH is 1. The van der Waals surface area contributed by atoms with Crippen molar-refractivity contribution in [3.63, 3.8) is 0 Å². The Morgan fingerprint density at radius 1 is 1.44 bits per heavy atom. The molecule has 4 nitrogen and oxygen atoms in total. The van der Waals surface area contributed by atoms with Crippen molar-refractivity contribution in [2.24, 2.45) is 11.7 Å². The second kappa shape index (κ2) is 4.72. The fourth-order valence-electron chi connectivity index (χ4n) is 2.18. The number of rotatable bonds is 3. The van der Waals surface area contributed by atoms with E-state index in [1.165, 1.54) is 0 Å². The molecule has 1 unspecified atom stereocenters. The number of nitrogens with zero attached hydrogens (tertiary/aromatic N) is 1. The number of nitrogens with two attached hydrogens (primary N) is 2. The number of nitrogen functional groups attached to an aromatic ring is 1. The summed E-state index contributed by atoms with van der Waals surface area (Å²) in [5, 5.41) is 9.11. The topological polar surface area (TPSA) is 75.5 Å². The van der Waals surface area contributed by atoms with E-state index in [1.54, 1.807) is 0 Å². The minimum atomic E-state index is 0.273. The van der Waals surface area contributed by atoms with E-state index >= 15 is 0 Å². The first-order valence-electron chi connectivity index (χ1n) is 5.69. The number of anilines is 2. The van der Waals surface area contributed by atoms with Crippen LogP contribution in [0.2, 0.25) is 0 Å². The van der Waals surface area contributed by atoms with E-state index in [0.29, 0.717) is 12.5 Å². The summed E-state index contributed by atoms with van der Waals surface area (Å²) >= 11 is 0. The molecule has 1 aromatic carbocycles. The van der Waals surface area contributed by atoms with Crippen LogP contribution in [0.5, 0.6) is 0 Å². The molecule has 88 valence electrons. The van der Waals surface area contributed by atoms with Gasteiger partial charge >= 0.3 is 0 Å². The Morgan fingerprint density at radius 3 is 2.88 bits per heavy atom. The highest BCUT2D eigenvalue weighted by molar-refractivity contribution is 5.58. The number of hydrogen-bond acceptors (Lipinski definition) is 4. The smallest absolute Gasteiger partial charge is 0.0476 e. The van der Waals surface area contributed by atoms with Gasteiger partial charge in [-0.15, -0.1) is 0 Å². The zero-order valence-corrected chi connectivity index (χ0v) is 9.39. The monoisotopic (exact) mass is 221 g/mol. The molecule has 0 aliphatic carbocycles. The van der Waals surface area contributed by atoms with Gasteiger partial charge < -0.3 is 21.5 Å². The normalized spacial score (nSPS) is 20.4. The highest BCUT2D eigenvalue weighted by Gasteiger charge is 2.22. The molecule has 1 heterocycles. The molecule has 2 rings (SSSR count). The molecule has 1 fully saturated rings. The zero-order valence-electron chi connectivity index (χ0n) is 9.39. The third kappa shape index (κ3) is 2.13. The molecule has 5 N–H and O–H groups in total. The van der Waals surface area contributed by atoms with Crippen molar-refractivity contribution in [3.05, 3.63) is 23.8 Å². The minimum absolute atomic E-state index is 0.273. The fraction of sp³-hybridized carbons (Fsp3) is 0.500. The number of hydrogen-bond donors (Lipinski definition) is 3. The molecule has 1 saturated heterocycles. The van der Waals surface area contributed by atoms with Crippen LogP contribution in [0.4, 0.5) is 11.4 Å². The Morgan fingerprint density at radius 2 is 2.25 bits per heavy atom. The van der Waals surface area contributed by atoms with Gasteiger partial charge in [-0.25, -0.2) is 0 Å². The Hall–Kier alpha value is -1.26. The predicted octanol–water partition coefficient (Wildman–Crippen LogP) is 0.546. The maximum Gasteiger partial charge on any atom is 0.0476 e. The highest BCUT2D eigenvalue weighted by Crippen LogP contribution is 2.26. The van der Waals surface area contributed by atoms with E-state index in [9.17, 15) is 0 Å². The maximum absolute atomic E-state index is 9.11. The largest absolute Gasteiger partial charge is 0.398 e. The summed E-state index contributed by atoms with van der Waals surface area (Å²) in [7, 11) is 0. The quantitative estimate of drug-likeness (QED) is 0.651. The van der Waals surface area contributed by atoms with Crippen LogP contribution >= 0.6 is 0 Å². The van der Waals surface area contributed by atoms with Crippen molar-refractivity contribution in [1.29, 1.82) is 0 Å². The standard InChI is InChI=1S/C12H19N3O/c13-6-10-5-11(1-2-12(10)14)15-4-3-9(7-15)8-16/h1-2,5,9,16H,3-4,6-8,13-14H2. The van der Waals surface area contributed by atoms with Crippen molar-refractivity contribution < 1.29 is 5.11 Å². The van der Waals surface area contributed by atoms with Crippen LogP contribution in [0.25, 0.3) is 0 Å². The molecular formula is C12H19N3O. The molecule has 0 radical (unpaired) electrons. The van der Waals surface area contributed by atoms with Crippen molar-refractivity contribution in [2.45, 2.75) is 13.0 Å². The van der Waals surface area contributed by atoms with Crippen molar-refractivity contribution in [2.75, 3.05) is 30.3 Å². The van der Waals surface area contributed by atoms with Gasteiger partial charge in [-0.2, -0.15) is 0 Å². The van der Waals surface area contributed by atoms with Crippen LogP contribution in [-0.4, -0.2) is 24.8 Å². The molecule has 16 heavy (non-hydrogen) atoms. The lowest BCUT2D eigenvalue weighted by molar-refractivity contribution is 0.238. The Balaban J connectivity index is 2.15. The Bertz CT molecular complexity index is 367. The van der Waals surface area contributed by atoms with Gasteiger partial charge in [0.05, 0.1) is 0 Å². The fourth-order valence-corrected chi connectivity index (χ4v) is 2.18. The van der Waals surface area contributed by atoms with Gasteiger partial charge in [-0.05, 0) is 30.2 Å². The molecule has 1 aliphatic rings. The first kappa shape index (κ1) is 11.2. The van der Waals surface area contributed by atoms with Gasteiger partial charge in [0.15, 0.2) is 0 Å². The van der Waals surface area contributed by atoms with Gasteiger partial charge in [-0.1, -0.05) is 0 Å². The highest BCUT2D eigenvalue weighted by atomic mass is 16.3. The summed E-state index contributed by atoms with van der Waals surface area (Å²) in [6.45, 7) is 2.66. The third-order valence-corrected chi connectivity index (χ3v) is 3.26. The van der Waals surface area contributed by atoms with Gasteiger partial charge in [-0.3, -0.25) is 0 Å². The van der Waals surface area contributed by atoms with E-state index in [0.717, 1.165) is 36.4 Å². The second-order valence-electron chi connectivity index (χ2n) is 4.37. The number of aliphatic hydroxyl groups is 1. The van der Waals surface area contributed by atoms with Crippen LogP contribution in [0.3, 0.4) is 0 Å². The average molecular weight is 221 g/mol. The molecule has 0 saturated carbocycles. The molecule has 0 aromatic heterocycles. The van der Waals surface area contributed by atoms with Gasteiger partial charge in [0.1, 0.15) is 0 Å². The lowest BCUT2D eigenvalue weighted by atomic mass is 10.1. The molecule has 0 spiro atoms. The van der Waals surface area contributed by atoms with Crippen LogP contribution in [0.1, 0.15) is 12.0 Å². The molecule has 0 amide bonds. The van der Waals surface area contributed by atoms with Crippen molar-refractivity contribution in [3.8, 4) is 0 Å². The summed E-state index contributed by atoms with van der Waals surface area (Å²) < 4.78 is 0. The maximum atomic E-state index is 9.11. The lowest BCUT2D eigenvalue weighted by Crippen LogP contribution is -2.21. The van der Waals surface area contributed by atoms with Gasteiger partial charge in [0.2, 0.25) is 0 Å². The molecular weight excluding hydrogens is 202 g/mol. The van der Waals surface area contributed by atoms with E-state index in [4.69, 9.17) is 16.6 Å². The number of benzene rings is 1. The Labute approximate surface area is 95.8 Å². The van der Waals surface area contributed by atoms with E-state index < -0.39 is 0 Å². The summed E-state index contributed by atoms with van der Waals surface area (Å²) in [6, 6.07) is 5.98. The van der Waals surface area contributed by atoms with Crippen LogP contribution in [0, 0.1) is 5.92 Å². The third-order valence-electron chi connectivity index (χ3n) is 3.26. The van der Waals surface area contributed by atoms with Crippen LogP contribution < -0.4 is 16.4 Å². The van der Waals surface area contributed by atoms with Crippen LogP contribution in [0.15, 0.2) is 18.2 Å². The first-order chi connectivity index (χ1) is 7.74. The van der Waals surface area contributed by atoms with Gasteiger partial charge in [0, 0.05) is 43.5 Å². The SMILES string of the molecule is NCc1cc(N2CCC(CO)C2)ccc1N. The van der Waals surface area contributed by atoms with Crippen molar-refractivity contribution >= 4 is 11.4 Å². The summed E-state index contributed by atoms with van der Waals surface area (Å²) in [6.07, 6.45) is 1.05. The van der Waals surface area contributed by atoms with E-state index in [-0.39, 0.29) is 6.61 Å².